The highest BCUT2D eigenvalue weighted by Crippen LogP contribution is 2.03. The van der Waals surface area contributed by atoms with E-state index < -0.39 is 11.3 Å². The molecule has 5 heteroatoms. The van der Waals surface area contributed by atoms with Crippen molar-refractivity contribution < 1.29 is 8.76 Å². The minimum atomic E-state index is -1.87. The van der Waals surface area contributed by atoms with E-state index in [2.05, 4.69) is 5.32 Å². The van der Waals surface area contributed by atoms with Gasteiger partial charge in [0.25, 0.3) is 0 Å². The molecule has 1 atom stereocenters. The largest absolute Gasteiger partial charge is 0.384 e. The van der Waals surface area contributed by atoms with Crippen molar-refractivity contribution >= 4 is 17.0 Å². The molecular weight excluding hydrogens is 200 g/mol. The third-order valence-electron chi connectivity index (χ3n) is 1.80. The maximum absolute atomic E-state index is 10.6. The van der Waals surface area contributed by atoms with E-state index in [-0.39, 0.29) is 0 Å². The van der Waals surface area contributed by atoms with Gasteiger partial charge in [-0.3, -0.25) is 4.55 Å². The minimum Gasteiger partial charge on any atom is -0.384 e. The fourth-order valence-electron chi connectivity index (χ4n) is 0.992. The average Bonchev–Trinajstić information content (AvgIpc) is 2.19. The van der Waals surface area contributed by atoms with E-state index in [1.807, 2.05) is 30.3 Å². The summed E-state index contributed by atoms with van der Waals surface area (Å²) in [6, 6.07) is 9.73. The van der Waals surface area contributed by atoms with Crippen molar-refractivity contribution in [3.05, 3.63) is 30.3 Å². The number of para-hydroxylation sites is 1. The lowest BCUT2D eigenvalue weighted by Crippen LogP contribution is -2.26. The average molecular weight is 214 g/mol. The zero-order chi connectivity index (χ0) is 10.4. The highest BCUT2D eigenvalue weighted by Gasteiger charge is 2.02. The van der Waals surface area contributed by atoms with Gasteiger partial charge >= 0.3 is 0 Å². The van der Waals surface area contributed by atoms with Crippen LogP contribution in [0.3, 0.4) is 0 Å². The number of anilines is 1. The molecular formula is C9H14N2O2S. The highest BCUT2D eigenvalue weighted by atomic mass is 32.2. The van der Waals surface area contributed by atoms with Gasteiger partial charge in [-0.2, -0.15) is 0 Å². The Morgan fingerprint density at radius 2 is 2.07 bits per heavy atom. The Balaban J connectivity index is 2.26. The van der Waals surface area contributed by atoms with Gasteiger partial charge in [0.2, 0.25) is 11.3 Å². The topological polar surface area (TPSA) is 52.6 Å². The molecule has 0 fully saturated rings. The quantitative estimate of drug-likeness (QED) is 0.723. The van der Waals surface area contributed by atoms with E-state index in [1.165, 1.54) is 4.31 Å². The normalized spacial score (nSPS) is 12.8. The van der Waals surface area contributed by atoms with Crippen LogP contribution in [0.1, 0.15) is 0 Å². The lowest BCUT2D eigenvalue weighted by atomic mass is 10.3. The van der Waals surface area contributed by atoms with Gasteiger partial charge < -0.3 is 5.32 Å². The zero-order valence-electron chi connectivity index (χ0n) is 8.01. The van der Waals surface area contributed by atoms with E-state index in [9.17, 15) is 4.21 Å². The number of hydrogen-bond acceptors (Lipinski definition) is 2. The van der Waals surface area contributed by atoms with Crippen LogP contribution in [0.25, 0.3) is 0 Å². The number of rotatable bonds is 5. The molecule has 0 aromatic heterocycles. The van der Waals surface area contributed by atoms with Gasteiger partial charge in [-0.15, -0.1) is 0 Å². The van der Waals surface area contributed by atoms with Crippen molar-refractivity contribution in [3.8, 4) is 0 Å². The molecule has 4 nitrogen and oxygen atoms in total. The Labute approximate surface area is 86.3 Å². The maximum Gasteiger partial charge on any atom is 0.234 e. The van der Waals surface area contributed by atoms with Crippen LogP contribution in [-0.4, -0.2) is 33.2 Å². The first-order valence-electron chi connectivity index (χ1n) is 4.31. The summed E-state index contributed by atoms with van der Waals surface area (Å²) in [5.41, 5.74) is 1.02. The van der Waals surface area contributed by atoms with Crippen molar-refractivity contribution in [2.75, 3.05) is 25.5 Å². The zero-order valence-corrected chi connectivity index (χ0v) is 8.83. The lowest BCUT2D eigenvalue weighted by Gasteiger charge is -2.12. The molecule has 2 N–H and O–H groups in total. The van der Waals surface area contributed by atoms with Gasteiger partial charge in [-0.05, 0) is 12.1 Å². The first kappa shape index (κ1) is 11.2. The van der Waals surface area contributed by atoms with E-state index in [0.29, 0.717) is 13.1 Å². The number of nitrogens with one attached hydrogen (secondary N) is 1. The number of nitrogens with zero attached hydrogens (tertiary/aromatic N) is 1. The third-order valence-corrected chi connectivity index (χ3v) is 2.51. The Morgan fingerprint density at radius 1 is 1.43 bits per heavy atom. The Morgan fingerprint density at radius 3 is 2.64 bits per heavy atom. The summed E-state index contributed by atoms with van der Waals surface area (Å²) in [6.07, 6.45) is 0. The molecule has 0 spiro atoms. The molecule has 14 heavy (non-hydrogen) atoms. The Hall–Kier alpha value is -0.910. The summed E-state index contributed by atoms with van der Waals surface area (Å²) in [5, 5.41) is 3.14. The second kappa shape index (κ2) is 5.74. The van der Waals surface area contributed by atoms with E-state index in [4.69, 9.17) is 4.55 Å². The SMILES string of the molecule is CN(CCNc1ccccc1)S(=O)O. The van der Waals surface area contributed by atoms with Crippen LogP contribution >= 0.6 is 0 Å². The monoisotopic (exact) mass is 214 g/mol. The summed E-state index contributed by atoms with van der Waals surface area (Å²) < 4.78 is 20.6. The van der Waals surface area contributed by atoms with Gasteiger partial charge in [-0.1, -0.05) is 18.2 Å². The van der Waals surface area contributed by atoms with Crippen molar-refractivity contribution in [1.29, 1.82) is 0 Å². The first-order chi connectivity index (χ1) is 6.70. The Bertz CT molecular complexity index is 292. The van der Waals surface area contributed by atoms with Crippen LogP contribution in [0.2, 0.25) is 0 Å². The molecule has 0 saturated carbocycles. The van der Waals surface area contributed by atoms with E-state index in [1.54, 1.807) is 7.05 Å². The third kappa shape index (κ3) is 3.87. The molecule has 0 aliphatic carbocycles. The van der Waals surface area contributed by atoms with Crippen LogP contribution in [0.4, 0.5) is 5.69 Å². The predicted molar refractivity (Wildman–Crippen MR) is 58.3 cm³/mol. The highest BCUT2D eigenvalue weighted by molar-refractivity contribution is 7.76. The number of benzene rings is 1. The van der Waals surface area contributed by atoms with Gasteiger partial charge in [0.05, 0.1) is 0 Å². The standard InChI is InChI=1S/C9H14N2O2S/c1-11(14(12)13)8-7-10-9-5-3-2-4-6-9/h2-6,10H,7-8H2,1H3,(H,12,13). The van der Waals surface area contributed by atoms with Crippen LogP contribution in [-0.2, 0) is 11.3 Å². The number of hydrogen-bond donors (Lipinski definition) is 2. The summed E-state index contributed by atoms with van der Waals surface area (Å²) >= 11 is -1.87. The lowest BCUT2D eigenvalue weighted by molar-refractivity contribution is 0.457. The van der Waals surface area contributed by atoms with Crippen molar-refractivity contribution in [2.24, 2.45) is 0 Å². The summed E-state index contributed by atoms with van der Waals surface area (Å²) in [7, 11) is 1.60. The maximum atomic E-state index is 10.6. The number of likely N-dealkylation sites (N-methyl/N-ethyl adjacent to an activating group) is 1. The van der Waals surface area contributed by atoms with Gasteiger partial charge in [0.15, 0.2) is 0 Å². The van der Waals surface area contributed by atoms with E-state index >= 15 is 0 Å². The van der Waals surface area contributed by atoms with Crippen LogP contribution in [0, 0.1) is 0 Å². The molecule has 0 aliphatic rings. The summed E-state index contributed by atoms with van der Waals surface area (Å²) in [4.78, 5) is 0. The van der Waals surface area contributed by atoms with Crippen LogP contribution < -0.4 is 5.32 Å². The molecule has 0 radical (unpaired) electrons. The van der Waals surface area contributed by atoms with Gasteiger partial charge in [0, 0.05) is 25.8 Å². The van der Waals surface area contributed by atoms with E-state index in [0.717, 1.165) is 5.69 Å². The second-order valence-corrected chi connectivity index (χ2v) is 3.96. The molecule has 0 amide bonds. The Kier molecular flexibility index (Phi) is 4.58. The molecule has 0 saturated heterocycles. The molecule has 1 aromatic rings. The molecule has 0 bridgehead atoms. The molecule has 1 unspecified atom stereocenters. The second-order valence-electron chi connectivity index (χ2n) is 2.88. The van der Waals surface area contributed by atoms with Crippen LogP contribution in [0.5, 0.6) is 0 Å². The smallest absolute Gasteiger partial charge is 0.234 e. The van der Waals surface area contributed by atoms with Gasteiger partial charge in [-0.25, -0.2) is 8.51 Å². The molecule has 1 aromatic carbocycles. The summed E-state index contributed by atoms with van der Waals surface area (Å²) in [6.45, 7) is 1.17. The molecule has 0 heterocycles. The molecule has 78 valence electrons. The van der Waals surface area contributed by atoms with Crippen LogP contribution in [0.15, 0.2) is 30.3 Å². The summed E-state index contributed by atoms with van der Waals surface area (Å²) in [5.74, 6) is 0. The van der Waals surface area contributed by atoms with Gasteiger partial charge in [0.1, 0.15) is 0 Å². The minimum absolute atomic E-state index is 0.526. The fourth-order valence-corrected chi connectivity index (χ4v) is 1.24. The van der Waals surface area contributed by atoms with Crippen molar-refractivity contribution in [2.45, 2.75) is 0 Å². The fraction of sp³-hybridized carbons (Fsp3) is 0.333. The van der Waals surface area contributed by atoms with Crippen molar-refractivity contribution in [1.82, 2.24) is 4.31 Å². The molecule has 1 rings (SSSR count). The molecule has 0 aliphatic heterocycles. The first-order valence-corrected chi connectivity index (χ1v) is 5.37. The predicted octanol–water partition coefficient (Wildman–Crippen LogP) is 1.17. The van der Waals surface area contributed by atoms with Crippen molar-refractivity contribution in [3.63, 3.8) is 0 Å².